The lowest BCUT2D eigenvalue weighted by molar-refractivity contribution is -0.116. The second kappa shape index (κ2) is 8.58. The number of Topliss-reactive ketones (excluding diaryl/α,β-unsaturated/α-hetero) is 1. The zero-order chi connectivity index (χ0) is 23.9. The molecule has 1 aliphatic heterocycles. The van der Waals surface area contributed by atoms with Gasteiger partial charge in [-0.2, -0.15) is 0 Å². The molecule has 5 heteroatoms. The fourth-order valence-electron chi connectivity index (χ4n) is 5.59. The Kier molecular flexibility index (Phi) is 5.25. The zero-order valence-corrected chi connectivity index (χ0v) is 19.7. The summed E-state index contributed by atoms with van der Waals surface area (Å²) in [4.78, 5) is 18.5. The highest BCUT2D eigenvalue weighted by Crippen LogP contribution is 2.52. The molecular weight excluding hydrogens is 436 g/mol. The number of rotatable bonds is 4. The van der Waals surface area contributed by atoms with E-state index < -0.39 is 0 Å². The van der Waals surface area contributed by atoms with E-state index in [4.69, 9.17) is 9.47 Å². The Labute approximate surface area is 204 Å². The van der Waals surface area contributed by atoms with Crippen LogP contribution in [0.15, 0.2) is 84.6 Å². The van der Waals surface area contributed by atoms with Gasteiger partial charge in [0.05, 0.1) is 25.8 Å². The molecule has 0 radical (unpaired) electrons. The Morgan fingerprint density at radius 1 is 0.914 bits per heavy atom. The molecule has 2 aliphatic rings. The van der Waals surface area contributed by atoms with Crippen LogP contribution < -0.4 is 14.8 Å². The maximum Gasteiger partial charge on any atom is 0.162 e. The lowest BCUT2D eigenvalue weighted by Gasteiger charge is -2.37. The van der Waals surface area contributed by atoms with E-state index >= 15 is 0 Å². The molecule has 1 aromatic heterocycles. The van der Waals surface area contributed by atoms with Crippen LogP contribution in [0.3, 0.4) is 0 Å². The molecule has 0 bridgehead atoms. The normalized spacial score (nSPS) is 19.1. The summed E-state index contributed by atoms with van der Waals surface area (Å²) in [5.74, 6) is 1.74. The number of pyridine rings is 1. The number of aromatic nitrogens is 1. The Morgan fingerprint density at radius 2 is 1.77 bits per heavy atom. The summed E-state index contributed by atoms with van der Waals surface area (Å²) in [5, 5.41) is 4.73. The van der Waals surface area contributed by atoms with Gasteiger partial charge >= 0.3 is 0 Å². The number of nitrogens with one attached hydrogen (secondary N) is 1. The number of carbonyl (C=O) groups is 1. The highest BCUT2D eigenvalue weighted by molar-refractivity contribution is 6.12. The van der Waals surface area contributed by atoms with E-state index in [0.29, 0.717) is 6.42 Å². The Hall–Kier alpha value is -4.12. The molecule has 0 saturated heterocycles. The van der Waals surface area contributed by atoms with Crippen molar-refractivity contribution in [3.63, 3.8) is 0 Å². The van der Waals surface area contributed by atoms with Crippen LogP contribution in [0.1, 0.15) is 41.5 Å². The van der Waals surface area contributed by atoms with Gasteiger partial charge in [-0.3, -0.25) is 9.78 Å². The van der Waals surface area contributed by atoms with Crippen LogP contribution in [0.25, 0.3) is 16.5 Å². The number of anilines is 1. The first-order chi connectivity index (χ1) is 17.2. The van der Waals surface area contributed by atoms with Gasteiger partial charge in [0.1, 0.15) is 11.5 Å². The molecule has 3 aromatic carbocycles. The van der Waals surface area contributed by atoms with Crippen molar-refractivity contribution in [3.05, 3.63) is 101 Å². The third kappa shape index (κ3) is 3.55. The average molecular weight is 463 g/mol. The van der Waals surface area contributed by atoms with Gasteiger partial charge in [-0.1, -0.05) is 36.4 Å². The molecule has 0 amide bonds. The second-order valence-corrected chi connectivity index (χ2v) is 9.07. The maximum absolute atomic E-state index is 13.9. The summed E-state index contributed by atoms with van der Waals surface area (Å²) in [5.41, 5.74) is 7.00. The molecule has 0 spiro atoms. The number of benzene rings is 3. The molecule has 1 aliphatic carbocycles. The monoisotopic (exact) mass is 462 g/mol. The van der Waals surface area contributed by atoms with Crippen LogP contribution in [-0.4, -0.2) is 25.0 Å². The zero-order valence-electron chi connectivity index (χ0n) is 19.7. The summed E-state index contributed by atoms with van der Waals surface area (Å²) in [7, 11) is 3.31. The smallest absolute Gasteiger partial charge is 0.162 e. The van der Waals surface area contributed by atoms with Crippen molar-refractivity contribution < 1.29 is 14.3 Å². The third-order valence-corrected chi connectivity index (χ3v) is 7.20. The van der Waals surface area contributed by atoms with Crippen molar-refractivity contribution in [1.82, 2.24) is 4.98 Å². The van der Waals surface area contributed by atoms with Crippen LogP contribution in [-0.2, 0) is 4.79 Å². The molecule has 0 unspecified atom stereocenters. The first-order valence-corrected chi connectivity index (χ1v) is 11.9. The first kappa shape index (κ1) is 21.4. The van der Waals surface area contributed by atoms with E-state index in [-0.39, 0.29) is 17.7 Å². The predicted octanol–water partition coefficient (Wildman–Crippen LogP) is 6.32. The van der Waals surface area contributed by atoms with Crippen molar-refractivity contribution in [2.75, 3.05) is 19.5 Å². The van der Waals surface area contributed by atoms with Gasteiger partial charge in [0.15, 0.2) is 5.78 Å². The third-order valence-electron chi connectivity index (χ3n) is 7.20. The van der Waals surface area contributed by atoms with Crippen molar-refractivity contribution in [3.8, 4) is 11.5 Å². The van der Waals surface area contributed by atoms with Gasteiger partial charge in [-0.25, -0.2) is 0 Å². The molecule has 1 N–H and O–H groups in total. The van der Waals surface area contributed by atoms with Crippen LogP contribution in [0, 0.1) is 0 Å². The van der Waals surface area contributed by atoms with Gasteiger partial charge in [0, 0.05) is 40.4 Å². The number of nitrogens with zero attached hydrogens (tertiary/aromatic N) is 1. The Bertz CT molecular complexity index is 1480. The minimum atomic E-state index is -0.333. The largest absolute Gasteiger partial charge is 0.497 e. The molecule has 2 atom stereocenters. The molecule has 5 nitrogen and oxygen atoms in total. The predicted molar refractivity (Wildman–Crippen MR) is 138 cm³/mol. The topological polar surface area (TPSA) is 60.5 Å². The molecule has 174 valence electrons. The van der Waals surface area contributed by atoms with E-state index in [1.807, 2.05) is 54.7 Å². The molecule has 4 aromatic rings. The number of methoxy groups -OCH3 is 2. The summed E-state index contributed by atoms with van der Waals surface area (Å²) in [6.07, 6.45) is 3.07. The van der Waals surface area contributed by atoms with E-state index in [2.05, 4.69) is 34.6 Å². The number of ketones is 1. The molecule has 6 rings (SSSR count). The van der Waals surface area contributed by atoms with Crippen LogP contribution in [0.5, 0.6) is 11.5 Å². The van der Waals surface area contributed by atoms with Crippen LogP contribution in [0.4, 0.5) is 5.69 Å². The van der Waals surface area contributed by atoms with Gasteiger partial charge in [0.25, 0.3) is 0 Å². The number of allylic oxidation sites excluding steroid dienone is 1. The SMILES string of the molecule is COc1ccc(OC)c([C@H]2Nc3ccc4ncccc4c3C3=C2C(=O)C[C@H](c2ccccc2)C3)c1. The standard InChI is InChI=1S/C30H26N2O3/c1-34-20-10-13-27(35-2)22(17-20)30-29-23(15-19(16-26(29)33)18-7-4-3-5-8-18)28-21-9-6-14-31-24(21)11-12-25(28)32-30/h3-14,17,19,30,32H,15-16H2,1-2H3/t19-,30-/m1/s1. The molecule has 0 saturated carbocycles. The van der Waals surface area contributed by atoms with E-state index in [1.165, 1.54) is 5.56 Å². The van der Waals surface area contributed by atoms with Gasteiger partial charge in [-0.15, -0.1) is 0 Å². The number of fused-ring (bicyclic) bond motifs is 4. The van der Waals surface area contributed by atoms with Crippen molar-refractivity contribution in [2.24, 2.45) is 0 Å². The Morgan fingerprint density at radius 3 is 2.57 bits per heavy atom. The first-order valence-electron chi connectivity index (χ1n) is 11.9. The highest BCUT2D eigenvalue weighted by atomic mass is 16.5. The van der Waals surface area contributed by atoms with Gasteiger partial charge in [-0.05, 0) is 59.9 Å². The van der Waals surface area contributed by atoms with Crippen molar-refractivity contribution >= 4 is 27.9 Å². The van der Waals surface area contributed by atoms with Crippen LogP contribution in [0.2, 0.25) is 0 Å². The van der Waals surface area contributed by atoms with E-state index in [9.17, 15) is 4.79 Å². The summed E-state index contributed by atoms with van der Waals surface area (Å²) < 4.78 is 11.2. The minimum absolute atomic E-state index is 0.133. The second-order valence-electron chi connectivity index (χ2n) is 9.07. The number of hydrogen-bond donors (Lipinski definition) is 1. The lowest BCUT2D eigenvalue weighted by Crippen LogP contribution is -2.30. The molecule has 0 fully saturated rings. The molecular formula is C30H26N2O3. The average Bonchev–Trinajstić information content (AvgIpc) is 2.92. The fraction of sp³-hybridized carbons (Fsp3) is 0.200. The quantitative estimate of drug-likeness (QED) is 0.385. The summed E-state index contributed by atoms with van der Waals surface area (Å²) >= 11 is 0. The van der Waals surface area contributed by atoms with Crippen molar-refractivity contribution in [1.29, 1.82) is 0 Å². The van der Waals surface area contributed by atoms with Gasteiger partial charge < -0.3 is 14.8 Å². The fourth-order valence-corrected chi connectivity index (χ4v) is 5.59. The summed E-state index contributed by atoms with van der Waals surface area (Å²) in [6.45, 7) is 0. The molecule has 2 heterocycles. The number of carbonyl (C=O) groups excluding carboxylic acids is 1. The summed E-state index contributed by atoms with van der Waals surface area (Å²) in [6, 6.07) is 23.9. The van der Waals surface area contributed by atoms with E-state index in [1.54, 1.807) is 14.2 Å². The van der Waals surface area contributed by atoms with Gasteiger partial charge in [0.2, 0.25) is 0 Å². The highest BCUT2D eigenvalue weighted by Gasteiger charge is 2.39. The number of hydrogen-bond acceptors (Lipinski definition) is 5. The maximum atomic E-state index is 13.9. The minimum Gasteiger partial charge on any atom is -0.497 e. The molecule has 35 heavy (non-hydrogen) atoms. The van der Waals surface area contributed by atoms with Crippen LogP contribution >= 0.6 is 0 Å². The van der Waals surface area contributed by atoms with E-state index in [0.717, 1.165) is 56.8 Å². The van der Waals surface area contributed by atoms with Crippen molar-refractivity contribution in [2.45, 2.75) is 24.8 Å². The lowest BCUT2D eigenvalue weighted by atomic mass is 9.71. The Balaban J connectivity index is 1.60. The number of ether oxygens (including phenoxy) is 2.